The van der Waals surface area contributed by atoms with Gasteiger partial charge in [0.2, 0.25) is 5.95 Å². The highest BCUT2D eigenvalue weighted by atomic mass is 19.1. The van der Waals surface area contributed by atoms with E-state index in [2.05, 4.69) is 32.0 Å². The van der Waals surface area contributed by atoms with Gasteiger partial charge in [-0.3, -0.25) is 4.90 Å². The van der Waals surface area contributed by atoms with Crippen LogP contribution in [-0.2, 0) is 0 Å². The minimum atomic E-state index is -0.580. The number of piperazine rings is 1. The summed E-state index contributed by atoms with van der Waals surface area (Å²) < 4.78 is 25.6. The maximum absolute atomic E-state index is 15.1. The van der Waals surface area contributed by atoms with Crippen molar-refractivity contribution in [3.05, 3.63) is 11.9 Å². The Morgan fingerprint density at radius 2 is 1.91 bits per heavy atom. The minimum absolute atomic E-state index is 0.0260. The van der Waals surface area contributed by atoms with E-state index < -0.39 is 5.82 Å². The molecule has 0 radical (unpaired) electrons. The van der Waals surface area contributed by atoms with Crippen molar-refractivity contribution in [2.75, 3.05) is 51.0 Å². The fraction of sp³-hybridized carbons (Fsp3) is 0.680. The van der Waals surface area contributed by atoms with Gasteiger partial charge >= 0.3 is 0 Å². The summed E-state index contributed by atoms with van der Waals surface area (Å²) in [6.07, 6.45) is 8.05. The number of nitrogen functional groups attached to an aromatic ring is 1. The molecule has 3 N–H and O–H groups in total. The van der Waals surface area contributed by atoms with Crippen LogP contribution in [0.2, 0.25) is 0 Å². The van der Waals surface area contributed by atoms with E-state index in [1.165, 1.54) is 52.7 Å². The SMILES string of the molecule is COc1cc2c(N)nc(N3CCN(C(C)C[C@@H]4C[C@@H]5CCCC[C@@H]5N4)CC3)nc2c(F)c1OC. The smallest absolute Gasteiger partial charge is 0.228 e. The molecule has 8 nitrogen and oxygen atoms in total. The number of hydrogen-bond donors (Lipinski definition) is 2. The molecule has 1 aromatic carbocycles. The number of methoxy groups -OCH3 is 2. The van der Waals surface area contributed by atoms with Crippen LogP contribution < -0.4 is 25.4 Å². The van der Waals surface area contributed by atoms with E-state index in [0.717, 1.165) is 38.1 Å². The Hall–Kier alpha value is -2.39. The fourth-order valence-corrected chi connectivity index (χ4v) is 6.21. The molecule has 4 atom stereocenters. The highest BCUT2D eigenvalue weighted by molar-refractivity contribution is 5.92. The highest BCUT2D eigenvalue weighted by Crippen LogP contribution is 2.38. The van der Waals surface area contributed by atoms with Gasteiger partial charge in [-0.05, 0) is 44.6 Å². The number of aromatic nitrogens is 2. The van der Waals surface area contributed by atoms with Gasteiger partial charge in [-0.15, -0.1) is 0 Å². The molecule has 3 heterocycles. The van der Waals surface area contributed by atoms with Crippen molar-refractivity contribution in [1.29, 1.82) is 0 Å². The lowest BCUT2D eigenvalue weighted by Crippen LogP contribution is -2.51. The van der Waals surface area contributed by atoms with Crippen molar-refractivity contribution in [3.63, 3.8) is 0 Å². The van der Waals surface area contributed by atoms with E-state index in [0.29, 0.717) is 23.4 Å². The second-order valence-corrected chi connectivity index (χ2v) is 10.1. The molecule has 0 bridgehead atoms. The van der Waals surface area contributed by atoms with Gasteiger partial charge in [-0.2, -0.15) is 4.98 Å². The molecule has 9 heteroatoms. The van der Waals surface area contributed by atoms with Gasteiger partial charge in [0, 0.05) is 49.7 Å². The Labute approximate surface area is 201 Å². The van der Waals surface area contributed by atoms with Crippen LogP contribution in [0.1, 0.15) is 45.4 Å². The van der Waals surface area contributed by atoms with E-state index in [1.807, 2.05) is 0 Å². The zero-order valence-electron chi connectivity index (χ0n) is 20.5. The summed E-state index contributed by atoms with van der Waals surface area (Å²) in [5.41, 5.74) is 6.36. The number of ether oxygens (including phenoxy) is 2. The van der Waals surface area contributed by atoms with Gasteiger partial charge in [-0.25, -0.2) is 9.37 Å². The van der Waals surface area contributed by atoms with Gasteiger partial charge in [0.25, 0.3) is 0 Å². The normalized spacial score (nSPS) is 26.5. The molecule has 1 aromatic heterocycles. The highest BCUT2D eigenvalue weighted by Gasteiger charge is 2.36. The zero-order chi connectivity index (χ0) is 23.8. The molecule has 2 aliphatic heterocycles. The van der Waals surface area contributed by atoms with Crippen LogP contribution in [0.15, 0.2) is 6.07 Å². The number of hydrogen-bond acceptors (Lipinski definition) is 8. The van der Waals surface area contributed by atoms with Crippen molar-refractivity contribution >= 4 is 22.7 Å². The Balaban J connectivity index is 1.24. The first-order chi connectivity index (χ1) is 16.5. The predicted octanol–water partition coefficient (Wildman–Crippen LogP) is 3.19. The number of nitrogens with zero attached hydrogens (tertiary/aromatic N) is 4. The van der Waals surface area contributed by atoms with E-state index in [1.54, 1.807) is 6.07 Å². The number of fused-ring (bicyclic) bond motifs is 2. The molecule has 0 spiro atoms. The second kappa shape index (κ2) is 9.70. The number of rotatable bonds is 6. The molecule has 3 aliphatic rings. The van der Waals surface area contributed by atoms with Crippen molar-refractivity contribution in [2.45, 2.75) is 63.6 Å². The lowest BCUT2D eigenvalue weighted by atomic mass is 9.84. The third kappa shape index (κ3) is 4.35. The van der Waals surface area contributed by atoms with Crippen molar-refractivity contribution in [2.24, 2.45) is 5.92 Å². The van der Waals surface area contributed by atoms with Crippen molar-refractivity contribution < 1.29 is 13.9 Å². The number of nitrogens with two attached hydrogens (primary N) is 1. The molecule has 2 aromatic rings. The first kappa shape index (κ1) is 23.4. The fourth-order valence-electron chi connectivity index (χ4n) is 6.21. The Bertz CT molecular complexity index is 1010. The summed E-state index contributed by atoms with van der Waals surface area (Å²) in [6.45, 7) is 5.77. The number of benzene rings is 1. The van der Waals surface area contributed by atoms with Crippen molar-refractivity contribution in [3.8, 4) is 11.5 Å². The quantitative estimate of drug-likeness (QED) is 0.663. The first-order valence-electron chi connectivity index (χ1n) is 12.6. The van der Waals surface area contributed by atoms with Gasteiger partial charge in [0.15, 0.2) is 17.3 Å². The summed E-state index contributed by atoms with van der Waals surface area (Å²) in [5, 5.41) is 4.34. The molecule has 1 saturated carbocycles. The largest absolute Gasteiger partial charge is 0.493 e. The third-order valence-electron chi connectivity index (χ3n) is 8.09. The van der Waals surface area contributed by atoms with E-state index >= 15 is 4.39 Å². The summed E-state index contributed by atoms with van der Waals surface area (Å²) >= 11 is 0. The number of anilines is 2. The lowest BCUT2D eigenvalue weighted by Gasteiger charge is -2.39. The van der Waals surface area contributed by atoms with Crippen LogP contribution in [0.5, 0.6) is 11.5 Å². The monoisotopic (exact) mass is 472 g/mol. The van der Waals surface area contributed by atoms with Gasteiger partial charge < -0.3 is 25.4 Å². The minimum Gasteiger partial charge on any atom is -0.493 e. The van der Waals surface area contributed by atoms with Crippen LogP contribution in [-0.4, -0.2) is 73.4 Å². The maximum Gasteiger partial charge on any atom is 0.228 e. The molecule has 5 rings (SSSR count). The van der Waals surface area contributed by atoms with E-state index in [9.17, 15) is 0 Å². The summed E-state index contributed by atoms with van der Waals surface area (Å²) in [7, 11) is 2.87. The zero-order valence-corrected chi connectivity index (χ0v) is 20.5. The Morgan fingerprint density at radius 3 is 2.62 bits per heavy atom. The van der Waals surface area contributed by atoms with Crippen LogP contribution in [0.4, 0.5) is 16.2 Å². The van der Waals surface area contributed by atoms with E-state index in [-0.39, 0.29) is 22.8 Å². The molecule has 3 fully saturated rings. The molecule has 1 aliphatic carbocycles. The summed E-state index contributed by atoms with van der Waals surface area (Å²) in [4.78, 5) is 13.7. The van der Waals surface area contributed by atoms with Gasteiger partial charge in [0.05, 0.1) is 14.2 Å². The molecule has 2 saturated heterocycles. The van der Waals surface area contributed by atoms with Crippen LogP contribution in [0, 0.1) is 11.7 Å². The standard InChI is InChI=1S/C25H37FN6O2/c1-15(12-17-13-16-6-4-5-7-19(16)28-17)31-8-10-32(11-9-31)25-29-22-18(24(27)30-25)14-20(33-2)23(34-3)21(22)26/h14-17,19,28H,4-13H2,1-3H3,(H2,27,29,30)/t15?,16-,17+,19-/m0/s1. The molecule has 34 heavy (non-hydrogen) atoms. The van der Waals surface area contributed by atoms with Crippen LogP contribution in [0.25, 0.3) is 10.9 Å². The second-order valence-electron chi connectivity index (χ2n) is 10.1. The third-order valence-corrected chi connectivity index (χ3v) is 8.09. The average Bonchev–Trinajstić information content (AvgIpc) is 3.26. The molecule has 1 unspecified atom stereocenters. The molecular weight excluding hydrogens is 435 g/mol. The van der Waals surface area contributed by atoms with Gasteiger partial charge in [-0.1, -0.05) is 12.8 Å². The van der Waals surface area contributed by atoms with Gasteiger partial charge in [0.1, 0.15) is 11.3 Å². The average molecular weight is 473 g/mol. The molecule has 186 valence electrons. The Kier molecular flexibility index (Phi) is 6.66. The number of nitrogens with one attached hydrogen (secondary N) is 1. The predicted molar refractivity (Wildman–Crippen MR) is 132 cm³/mol. The van der Waals surface area contributed by atoms with Crippen LogP contribution >= 0.6 is 0 Å². The molecular formula is C25H37FN6O2. The topological polar surface area (TPSA) is 88.8 Å². The summed E-state index contributed by atoms with van der Waals surface area (Å²) in [6, 6.07) is 3.54. The lowest BCUT2D eigenvalue weighted by molar-refractivity contribution is 0.177. The molecule has 0 amide bonds. The van der Waals surface area contributed by atoms with Crippen LogP contribution in [0.3, 0.4) is 0 Å². The van der Waals surface area contributed by atoms with Crippen molar-refractivity contribution in [1.82, 2.24) is 20.2 Å². The number of halogens is 1. The maximum atomic E-state index is 15.1. The summed E-state index contributed by atoms with van der Waals surface area (Å²) in [5.74, 6) is 1.31. The first-order valence-corrected chi connectivity index (χ1v) is 12.6. The van der Waals surface area contributed by atoms with E-state index in [4.69, 9.17) is 15.2 Å². The Morgan fingerprint density at radius 1 is 1.15 bits per heavy atom.